The number of hydrogen-bond acceptors (Lipinski definition) is 3. The van der Waals surface area contributed by atoms with Crippen LogP contribution in [0.1, 0.15) is 72.3 Å². The van der Waals surface area contributed by atoms with E-state index in [4.69, 9.17) is 9.52 Å². The Morgan fingerprint density at radius 1 is 1.12 bits per heavy atom. The topological polar surface area (TPSA) is 79.5 Å². The van der Waals surface area contributed by atoms with Crippen LogP contribution in [0.3, 0.4) is 0 Å². The Labute approximate surface area is 148 Å². The molecule has 134 valence electrons. The van der Waals surface area contributed by atoms with Crippen LogP contribution < -0.4 is 5.32 Å². The number of amides is 1. The molecule has 1 aromatic heterocycles. The second-order valence-corrected chi connectivity index (χ2v) is 6.86. The van der Waals surface area contributed by atoms with Gasteiger partial charge in [0.15, 0.2) is 0 Å². The summed E-state index contributed by atoms with van der Waals surface area (Å²) in [5, 5.41) is 12.0. The molecule has 0 aliphatic carbocycles. The van der Waals surface area contributed by atoms with E-state index in [2.05, 4.69) is 33.0 Å². The highest BCUT2D eigenvalue weighted by molar-refractivity contribution is 6.07. The van der Waals surface area contributed by atoms with Crippen LogP contribution in [0, 0.1) is 6.92 Å². The Morgan fingerprint density at radius 3 is 2.16 bits per heavy atom. The molecule has 5 heteroatoms. The zero-order chi connectivity index (χ0) is 18.7. The molecule has 0 aliphatic rings. The van der Waals surface area contributed by atoms with Gasteiger partial charge in [0.1, 0.15) is 12.2 Å². The smallest absolute Gasteiger partial charge is 0.311 e. The van der Waals surface area contributed by atoms with Gasteiger partial charge in [0.05, 0.1) is 11.8 Å². The molecule has 0 bridgehead atoms. The molecule has 2 N–H and O–H groups in total. The van der Waals surface area contributed by atoms with Gasteiger partial charge < -0.3 is 14.8 Å². The van der Waals surface area contributed by atoms with Crippen molar-refractivity contribution in [3.05, 3.63) is 52.5 Å². The van der Waals surface area contributed by atoms with Gasteiger partial charge in [-0.15, -0.1) is 0 Å². The first-order valence-electron chi connectivity index (χ1n) is 8.45. The van der Waals surface area contributed by atoms with Crippen molar-refractivity contribution in [2.75, 3.05) is 5.32 Å². The van der Waals surface area contributed by atoms with Crippen molar-refractivity contribution in [2.24, 2.45) is 0 Å². The Hall–Kier alpha value is -2.56. The van der Waals surface area contributed by atoms with Crippen molar-refractivity contribution in [3.63, 3.8) is 0 Å². The van der Waals surface area contributed by atoms with Gasteiger partial charge in [-0.2, -0.15) is 0 Å². The van der Waals surface area contributed by atoms with E-state index < -0.39 is 5.97 Å². The second kappa shape index (κ2) is 7.55. The number of rotatable bonds is 6. The summed E-state index contributed by atoms with van der Waals surface area (Å²) in [4.78, 5) is 23.9. The summed E-state index contributed by atoms with van der Waals surface area (Å²) in [6.45, 7) is 10.0. The van der Waals surface area contributed by atoms with Crippen LogP contribution in [0.15, 0.2) is 28.9 Å². The SMILES string of the molecule is Cc1coc(CC(=O)O)c1C(=O)Nc1c(C(C)C)cccc1C(C)C. The van der Waals surface area contributed by atoms with E-state index in [1.807, 2.05) is 18.2 Å². The van der Waals surface area contributed by atoms with Crippen LogP contribution >= 0.6 is 0 Å². The fourth-order valence-corrected chi connectivity index (χ4v) is 2.94. The number of aryl methyl sites for hydroxylation is 1. The number of carboxylic acids is 1. The van der Waals surface area contributed by atoms with Crippen molar-refractivity contribution in [3.8, 4) is 0 Å². The highest BCUT2D eigenvalue weighted by Gasteiger charge is 2.23. The minimum Gasteiger partial charge on any atom is -0.481 e. The summed E-state index contributed by atoms with van der Waals surface area (Å²) in [5.41, 5.74) is 3.85. The molecule has 1 aromatic carbocycles. The van der Waals surface area contributed by atoms with Gasteiger partial charge in [0, 0.05) is 11.3 Å². The van der Waals surface area contributed by atoms with E-state index in [0.717, 1.165) is 16.8 Å². The van der Waals surface area contributed by atoms with Gasteiger partial charge in [0.25, 0.3) is 5.91 Å². The number of hydrogen-bond donors (Lipinski definition) is 2. The molecule has 5 nitrogen and oxygen atoms in total. The average molecular weight is 343 g/mol. The highest BCUT2D eigenvalue weighted by Crippen LogP contribution is 2.33. The lowest BCUT2D eigenvalue weighted by Crippen LogP contribution is -2.18. The third kappa shape index (κ3) is 4.10. The summed E-state index contributed by atoms with van der Waals surface area (Å²) in [7, 11) is 0. The molecule has 0 unspecified atom stereocenters. The lowest BCUT2D eigenvalue weighted by atomic mass is 9.92. The monoisotopic (exact) mass is 343 g/mol. The average Bonchev–Trinajstić information content (AvgIpc) is 2.86. The molecule has 1 amide bonds. The minimum absolute atomic E-state index is 0.177. The largest absolute Gasteiger partial charge is 0.481 e. The zero-order valence-corrected chi connectivity index (χ0v) is 15.3. The van der Waals surface area contributed by atoms with E-state index >= 15 is 0 Å². The Balaban J connectivity index is 2.45. The third-order valence-electron chi connectivity index (χ3n) is 4.20. The van der Waals surface area contributed by atoms with Crippen molar-refractivity contribution in [2.45, 2.75) is 52.9 Å². The summed E-state index contributed by atoms with van der Waals surface area (Å²) >= 11 is 0. The number of carboxylic acid groups (broad SMARTS) is 1. The van der Waals surface area contributed by atoms with E-state index in [1.54, 1.807) is 6.92 Å². The lowest BCUT2D eigenvalue weighted by molar-refractivity contribution is -0.136. The van der Waals surface area contributed by atoms with Gasteiger partial charge in [-0.05, 0) is 29.9 Å². The molecule has 2 aromatic rings. The third-order valence-corrected chi connectivity index (χ3v) is 4.20. The number of para-hydroxylation sites is 1. The number of furan rings is 1. The van der Waals surface area contributed by atoms with Crippen molar-refractivity contribution >= 4 is 17.6 Å². The van der Waals surface area contributed by atoms with Gasteiger partial charge in [-0.3, -0.25) is 9.59 Å². The Bertz CT molecular complexity index is 761. The summed E-state index contributed by atoms with van der Waals surface area (Å²) in [6.07, 6.45) is 1.10. The van der Waals surface area contributed by atoms with E-state index in [9.17, 15) is 9.59 Å². The first kappa shape index (κ1) is 18.8. The second-order valence-electron chi connectivity index (χ2n) is 6.86. The van der Waals surface area contributed by atoms with E-state index in [-0.39, 0.29) is 29.9 Å². The fraction of sp³-hybridized carbons (Fsp3) is 0.400. The first-order valence-corrected chi connectivity index (χ1v) is 8.45. The van der Waals surface area contributed by atoms with Crippen LogP contribution in [0.25, 0.3) is 0 Å². The molecule has 25 heavy (non-hydrogen) atoms. The molecule has 1 heterocycles. The van der Waals surface area contributed by atoms with E-state index in [1.165, 1.54) is 6.26 Å². The predicted octanol–water partition coefficient (Wildman–Crippen LogP) is 4.71. The summed E-state index contributed by atoms with van der Waals surface area (Å²) in [6, 6.07) is 6.01. The number of benzene rings is 1. The molecule has 0 aliphatic heterocycles. The molecule has 0 fully saturated rings. The van der Waals surface area contributed by atoms with Gasteiger partial charge in [-0.25, -0.2) is 0 Å². The Kier molecular flexibility index (Phi) is 5.67. The number of carbonyl (C=O) groups is 2. The summed E-state index contributed by atoms with van der Waals surface area (Å²) in [5.74, 6) is -0.696. The molecular weight excluding hydrogens is 318 g/mol. The quantitative estimate of drug-likeness (QED) is 0.796. The van der Waals surface area contributed by atoms with Crippen molar-refractivity contribution < 1.29 is 19.1 Å². The lowest BCUT2D eigenvalue weighted by Gasteiger charge is -2.20. The van der Waals surface area contributed by atoms with E-state index in [0.29, 0.717) is 11.1 Å². The van der Waals surface area contributed by atoms with Gasteiger partial charge in [-0.1, -0.05) is 45.9 Å². The predicted molar refractivity (Wildman–Crippen MR) is 97.4 cm³/mol. The molecule has 0 atom stereocenters. The summed E-state index contributed by atoms with van der Waals surface area (Å²) < 4.78 is 5.28. The highest BCUT2D eigenvalue weighted by atomic mass is 16.4. The normalized spacial score (nSPS) is 11.2. The Morgan fingerprint density at radius 2 is 1.68 bits per heavy atom. The van der Waals surface area contributed by atoms with Crippen LogP contribution in [-0.4, -0.2) is 17.0 Å². The number of anilines is 1. The van der Waals surface area contributed by atoms with Gasteiger partial charge >= 0.3 is 5.97 Å². The molecule has 0 saturated carbocycles. The van der Waals surface area contributed by atoms with Crippen molar-refractivity contribution in [1.82, 2.24) is 0 Å². The maximum atomic E-state index is 12.9. The van der Waals surface area contributed by atoms with Crippen molar-refractivity contribution in [1.29, 1.82) is 0 Å². The van der Waals surface area contributed by atoms with Gasteiger partial charge in [0.2, 0.25) is 0 Å². The standard InChI is InChI=1S/C20H25NO4/c1-11(2)14-7-6-8-15(12(3)4)19(14)21-20(24)18-13(5)10-25-16(18)9-17(22)23/h6-8,10-12H,9H2,1-5H3,(H,21,24)(H,22,23). The number of nitrogens with one attached hydrogen (secondary N) is 1. The maximum absolute atomic E-state index is 12.9. The fourth-order valence-electron chi connectivity index (χ4n) is 2.94. The molecule has 0 saturated heterocycles. The molecular formula is C20H25NO4. The zero-order valence-electron chi connectivity index (χ0n) is 15.3. The van der Waals surface area contributed by atoms with Crippen LogP contribution in [-0.2, 0) is 11.2 Å². The molecule has 2 rings (SSSR count). The van der Waals surface area contributed by atoms with Crippen LogP contribution in [0.4, 0.5) is 5.69 Å². The molecule has 0 spiro atoms. The first-order chi connectivity index (χ1) is 11.7. The van der Waals surface area contributed by atoms with Crippen LogP contribution in [0.2, 0.25) is 0 Å². The maximum Gasteiger partial charge on any atom is 0.311 e. The number of aliphatic carboxylic acids is 1. The molecule has 0 radical (unpaired) electrons. The number of carbonyl (C=O) groups excluding carboxylic acids is 1. The minimum atomic E-state index is -1.03. The van der Waals surface area contributed by atoms with Crippen LogP contribution in [0.5, 0.6) is 0 Å².